The van der Waals surface area contributed by atoms with Gasteiger partial charge in [-0.25, -0.2) is 0 Å². The van der Waals surface area contributed by atoms with Crippen LogP contribution in [-0.4, -0.2) is 60.2 Å². The minimum absolute atomic E-state index is 0.0661. The highest BCUT2D eigenvalue weighted by Gasteiger charge is 2.39. The third kappa shape index (κ3) is 8.46. The van der Waals surface area contributed by atoms with E-state index >= 15 is 0 Å². The van der Waals surface area contributed by atoms with Gasteiger partial charge in [0, 0.05) is 5.92 Å². The summed E-state index contributed by atoms with van der Waals surface area (Å²) in [5.74, 6) is -2.69. The molecule has 2 fully saturated rings. The molecule has 1 saturated heterocycles. The number of nitrogens with one attached hydrogen (secondary N) is 3. The molecule has 12 heteroatoms. The smallest absolute Gasteiger partial charge is 0.343 e. The molecule has 186 valence electrons. The van der Waals surface area contributed by atoms with Crippen LogP contribution < -0.4 is 16.0 Å². The van der Waals surface area contributed by atoms with Crippen LogP contribution in [0.2, 0.25) is 0 Å². The molecule has 4 unspecified atom stereocenters. The van der Waals surface area contributed by atoms with E-state index in [1.165, 1.54) is 0 Å². The summed E-state index contributed by atoms with van der Waals surface area (Å²) >= 11 is 0. The summed E-state index contributed by atoms with van der Waals surface area (Å²) in [6.07, 6.45) is -2.35. The molecule has 2 rings (SSSR count). The summed E-state index contributed by atoms with van der Waals surface area (Å²) < 4.78 is 51.4. The second kappa shape index (κ2) is 10.7. The van der Waals surface area contributed by atoms with Crippen molar-refractivity contribution in [2.75, 3.05) is 13.1 Å². The molecule has 3 amide bonds. The molecule has 2 aliphatic rings. The van der Waals surface area contributed by atoms with Gasteiger partial charge in [-0.1, -0.05) is 38.1 Å². The molecule has 0 spiro atoms. The zero-order chi connectivity index (χ0) is 25.0. The summed E-state index contributed by atoms with van der Waals surface area (Å²) in [6.45, 7) is 3.38. The van der Waals surface area contributed by atoms with Crippen molar-refractivity contribution in [2.45, 2.75) is 77.2 Å². The predicted molar refractivity (Wildman–Crippen MR) is 110 cm³/mol. The normalized spacial score (nSPS) is 21.8. The van der Waals surface area contributed by atoms with E-state index in [1.807, 2.05) is 6.07 Å². The molecular formula is C21H31F4N5O3. The van der Waals surface area contributed by atoms with Gasteiger partial charge in [0.15, 0.2) is 0 Å². The Morgan fingerprint density at radius 3 is 2.21 bits per heavy atom. The topological polar surface area (TPSA) is 114 Å². The number of amides is 3. The van der Waals surface area contributed by atoms with E-state index in [-0.39, 0.29) is 36.8 Å². The first-order valence-corrected chi connectivity index (χ1v) is 11.0. The lowest BCUT2D eigenvalue weighted by atomic mass is 9.85. The number of nitriles is 1. The van der Waals surface area contributed by atoms with Crippen LogP contribution in [0.3, 0.4) is 0 Å². The SMILES string of the molecule is CC(C)(C)C(NCC(F)(F)F)C(=O)NC(CC1CC1)C(=O)NC(C#N)CC1CCN(F)C1=O. The van der Waals surface area contributed by atoms with Crippen molar-refractivity contribution in [1.29, 1.82) is 5.26 Å². The fourth-order valence-electron chi connectivity index (χ4n) is 3.80. The highest BCUT2D eigenvalue weighted by atomic mass is 19.4. The fourth-order valence-corrected chi connectivity index (χ4v) is 3.80. The van der Waals surface area contributed by atoms with Crippen molar-refractivity contribution >= 4 is 17.7 Å². The number of rotatable bonds is 10. The number of hydrogen-bond donors (Lipinski definition) is 3. The van der Waals surface area contributed by atoms with Gasteiger partial charge in [-0.2, -0.15) is 23.6 Å². The van der Waals surface area contributed by atoms with Crippen molar-refractivity contribution < 1.29 is 32.0 Å². The zero-order valence-corrected chi connectivity index (χ0v) is 19.0. The van der Waals surface area contributed by atoms with E-state index in [9.17, 15) is 37.3 Å². The molecule has 0 aromatic rings. The summed E-state index contributed by atoms with van der Waals surface area (Å²) in [6, 6.07) is -1.45. The fraction of sp³-hybridized carbons (Fsp3) is 0.810. The van der Waals surface area contributed by atoms with Crippen LogP contribution in [0.4, 0.5) is 17.7 Å². The maximum Gasteiger partial charge on any atom is 0.401 e. The summed E-state index contributed by atoms with van der Waals surface area (Å²) in [7, 11) is 0. The standard InChI is InChI=1S/C21H31F4N5O3/c1-20(2,3)16(27-11-21(22,23)24)18(32)29-15(8-12-4-5-12)17(31)28-14(10-26)9-13-6-7-30(25)19(13)33/h12-16,27H,4-9,11H2,1-3H3,(H,28,31)(H,29,32). The van der Waals surface area contributed by atoms with Crippen LogP contribution in [0.25, 0.3) is 0 Å². The molecule has 0 radical (unpaired) electrons. The molecule has 3 N–H and O–H groups in total. The van der Waals surface area contributed by atoms with Crippen LogP contribution in [0, 0.1) is 28.6 Å². The number of nitrogens with zero attached hydrogens (tertiary/aromatic N) is 2. The number of halogens is 4. The summed E-state index contributed by atoms with van der Waals surface area (Å²) in [5.41, 5.74) is -0.869. The monoisotopic (exact) mass is 477 g/mol. The molecule has 1 saturated carbocycles. The summed E-state index contributed by atoms with van der Waals surface area (Å²) in [5, 5.41) is 16.7. The van der Waals surface area contributed by atoms with E-state index < -0.39 is 59.9 Å². The first-order valence-electron chi connectivity index (χ1n) is 11.0. The van der Waals surface area contributed by atoms with Gasteiger partial charge in [-0.15, -0.1) is 0 Å². The van der Waals surface area contributed by atoms with Crippen molar-refractivity contribution in [3.05, 3.63) is 0 Å². The largest absolute Gasteiger partial charge is 0.401 e. The first kappa shape index (κ1) is 26.8. The Kier molecular flexibility index (Phi) is 8.68. The average molecular weight is 478 g/mol. The second-order valence-corrected chi connectivity index (χ2v) is 9.87. The van der Waals surface area contributed by atoms with Gasteiger partial charge in [0.1, 0.15) is 12.1 Å². The van der Waals surface area contributed by atoms with Gasteiger partial charge in [0.2, 0.25) is 11.8 Å². The van der Waals surface area contributed by atoms with Crippen molar-refractivity contribution in [2.24, 2.45) is 17.3 Å². The Hall–Kier alpha value is -2.42. The van der Waals surface area contributed by atoms with Crippen LogP contribution in [0.5, 0.6) is 0 Å². The van der Waals surface area contributed by atoms with Crippen molar-refractivity contribution in [1.82, 2.24) is 21.1 Å². The van der Waals surface area contributed by atoms with E-state index in [4.69, 9.17) is 0 Å². The van der Waals surface area contributed by atoms with Gasteiger partial charge in [0.25, 0.3) is 5.91 Å². The van der Waals surface area contributed by atoms with E-state index in [2.05, 4.69) is 16.0 Å². The van der Waals surface area contributed by atoms with Crippen molar-refractivity contribution in [3.63, 3.8) is 0 Å². The summed E-state index contributed by atoms with van der Waals surface area (Å²) in [4.78, 5) is 37.5. The molecule has 4 atom stereocenters. The van der Waals surface area contributed by atoms with E-state index in [1.54, 1.807) is 20.8 Å². The minimum Gasteiger partial charge on any atom is -0.343 e. The quantitative estimate of drug-likeness (QED) is 0.329. The van der Waals surface area contributed by atoms with Crippen LogP contribution in [0.15, 0.2) is 0 Å². The molecule has 1 aliphatic carbocycles. The number of carbonyl (C=O) groups is 3. The molecule has 0 bridgehead atoms. The Bertz CT molecular complexity index is 773. The van der Waals surface area contributed by atoms with Gasteiger partial charge in [-0.3, -0.25) is 19.7 Å². The third-order valence-electron chi connectivity index (χ3n) is 5.79. The Morgan fingerprint density at radius 1 is 1.12 bits per heavy atom. The molecule has 0 aromatic carbocycles. The Balaban J connectivity index is 2.05. The maximum atomic E-state index is 13.3. The van der Waals surface area contributed by atoms with Crippen molar-refractivity contribution in [3.8, 4) is 6.07 Å². The zero-order valence-electron chi connectivity index (χ0n) is 19.0. The van der Waals surface area contributed by atoms with Crippen LogP contribution in [0.1, 0.15) is 52.9 Å². The maximum absolute atomic E-state index is 13.3. The second-order valence-electron chi connectivity index (χ2n) is 9.87. The van der Waals surface area contributed by atoms with Gasteiger partial charge in [-0.05, 0) is 30.6 Å². The lowest BCUT2D eigenvalue weighted by molar-refractivity contribution is -0.144. The van der Waals surface area contributed by atoms with E-state index in [0.29, 0.717) is 0 Å². The molecule has 33 heavy (non-hydrogen) atoms. The molecule has 0 aromatic heterocycles. The Labute approximate surface area is 190 Å². The molecular weight excluding hydrogens is 446 g/mol. The molecule has 8 nitrogen and oxygen atoms in total. The van der Waals surface area contributed by atoms with E-state index in [0.717, 1.165) is 12.8 Å². The molecule has 1 heterocycles. The number of hydrogen-bond acceptors (Lipinski definition) is 5. The van der Waals surface area contributed by atoms with Crippen LogP contribution >= 0.6 is 0 Å². The number of carbonyl (C=O) groups excluding carboxylic acids is 3. The van der Waals surface area contributed by atoms with Crippen LogP contribution in [-0.2, 0) is 14.4 Å². The predicted octanol–water partition coefficient (Wildman–Crippen LogP) is 1.97. The highest BCUT2D eigenvalue weighted by Crippen LogP contribution is 2.34. The van der Waals surface area contributed by atoms with Gasteiger partial charge in [0.05, 0.1) is 25.2 Å². The average Bonchev–Trinajstić information content (AvgIpc) is 3.45. The third-order valence-corrected chi connectivity index (χ3v) is 5.79. The lowest BCUT2D eigenvalue weighted by Gasteiger charge is -2.32. The first-order chi connectivity index (χ1) is 15.2. The van der Waals surface area contributed by atoms with Gasteiger partial charge < -0.3 is 10.6 Å². The molecule has 1 aliphatic heterocycles. The highest BCUT2D eigenvalue weighted by molar-refractivity contribution is 5.90. The minimum atomic E-state index is -4.51. The lowest BCUT2D eigenvalue weighted by Crippen LogP contribution is -2.58. The van der Waals surface area contributed by atoms with Gasteiger partial charge >= 0.3 is 6.18 Å². The number of alkyl halides is 3. The Morgan fingerprint density at radius 2 is 1.76 bits per heavy atom.